The topological polar surface area (TPSA) is 44.7 Å². The largest absolute Gasteiger partial charge is 0.365 e. The standard InChI is InChI=1S/C21H33N5O/c1-18(2)25-13-11-24(12-14-25)8-4-5-15-27-20-6-9-26(10-7-20)21-16-19(3)22-17-23-21/h16-18,20H,6-15H2,1-3H3. The first-order valence-electron chi connectivity index (χ1n) is 10.2. The zero-order valence-corrected chi connectivity index (χ0v) is 17.0. The fourth-order valence-corrected chi connectivity index (χ4v) is 3.68. The molecule has 1 aromatic rings. The van der Waals surface area contributed by atoms with Crippen LogP contribution in [0.4, 0.5) is 5.82 Å². The summed E-state index contributed by atoms with van der Waals surface area (Å²) < 4.78 is 5.97. The second-order valence-corrected chi connectivity index (χ2v) is 7.77. The molecule has 3 heterocycles. The lowest BCUT2D eigenvalue weighted by molar-refractivity contribution is 0.0593. The van der Waals surface area contributed by atoms with Crippen LogP contribution in [0.1, 0.15) is 32.4 Å². The van der Waals surface area contributed by atoms with Crippen molar-refractivity contribution >= 4 is 5.82 Å². The summed E-state index contributed by atoms with van der Waals surface area (Å²) in [6, 6.07) is 2.70. The van der Waals surface area contributed by atoms with Gasteiger partial charge in [0.2, 0.25) is 0 Å². The number of aromatic nitrogens is 2. The molecule has 0 aliphatic carbocycles. The highest BCUT2D eigenvalue weighted by Gasteiger charge is 2.20. The summed E-state index contributed by atoms with van der Waals surface area (Å²) in [5.41, 5.74) is 1.01. The fourth-order valence-electron chi connectivity index (χ4n) is 3.68. The fraction of sp³-hybridized carbons (Fsp3) is 0.714. The predicted octanol–water partition coefficient (Wildman–Crippen LogP) is 1.80. The Hall–Kier alpha value is -1.68. The van der Waals surface area contributed by atoms with E-state index in [4.69, 9.17) is 4.74 Å². The van der Waals surface area contributed by atoms with E-state index in [-0.39, 0.29) is 0 Å². The van der Waals surface area contributed by atoms with E-state index in [1.165, 1.54) is 0 Å². The molecule has 0 radical (unpaired) electrons. The predicted molar refractivity (Wildman–Crippen MR) is 109 cm³/mol. The van der Waals surface area contributed by atoms with Gasteiger partial charge in [-0.2, -0.15) is 0 Å². The van der Waals surface area contributed by atoms with Crippen LogP contribution in [-0.2, 0) is 4.74 Å². The van der Waals surface area contributed by atoms with E-state index in [2.05, 4.69) is 50.4 Å². The lowest BCUT2D eigenvalue weighted by Crippen LogP contribution is -2.48. The maximum atomic E-state index is 5.97. The highest BCUT2D eigenvalue weighted by Crippen LogP contribution is 2.19. The Bertz CT molecular complexity index is 637. The van der Waals surface area contributed by atoms with E-state index in [1.807, 2.05) is 13.0 Å². The van der Waals surface area contributed by atoms with Gasteiger partial charge >= 0.3 is 0 Å². The molecule has 0 saturated carbocycles. The van der Waals surface area contributed by atoms with Gasteiger partial charge < -0.3 is 9.64 Å². The number of anilines is 1. The van der Waals surface area contributed by atoms with E-state index in [0.717, 1.165) is 70.2 Å². The molecule has 0 unspecified atom stereocenters. The van der Waals surface area contributed by atoms with Crippen LogP contribution in [0.5, 0.6) is 0 Å². The molecule has 0 bridgehead atoms. The van der Waals surface area contributed by atoms with E-state index >= 15 is 0 Å². The molecule has 1 aromatic heterocycles. The van der Waals surface area contributed by atoms with Crippen LogP contribution in [0, 0.1) is 18.8 Å². The van der Waals surface area contributed by atoms with Gasteiger partial charge in [0.25, 0.3) is 0 Å². The van der Waals surface area contributed by atoms with Crippen LogP contribution in [0.15, 0.2) is 12.4 Å². The van der Waals surface area contributed by atoms with Crippen LogP contribution >= 0.6 is 0 Å². The Balaban J connectivity index is 1.30. The van der Waals surface area contributed by atoms with Gasteiger partial charge in [-0.1, -0.05) is 11.8 Å². The molecule has 0 atom stereocenters. The van der Waals surface area contributed by atoms with Crippen LogP contribution < -0.4 is 4.90 Å². The van der Waals surface area contributed by atoms with Gasteiger partial charge in [0, 0.05) is 57.1 Å². The molecule has 0 N–H and O–H groups in total. The summed E-state index contributed by atoms with van der Waals surface area (Å²) in [7, 11) is 0. The number of piperidine rings is 1. The molecule has 2 aliphatic rings. The molecule has 6 heteroatoms. The molecular formula is C21H33N5O. The van der Waals surface area contributed by atoms with Crippen molar-refractivity contribution in [3.63, 3.8) is 0 Å². The number of hydrogen-bond acceptors (Lipinski definition) is 6. The molecule has 0 spiro atoms. The molecule has 2 aliphatic heterocycles. The van der Waals surface area contributed by atoms with Crippen molar-refractivity contribution in [3.05, 3.63) is 18.1 Å². The number of ether oxygens (including phenoxy) is 1. The van der Waals surface area contributed by atoms with E-state index in [1.54, 1.807) is 6.33 Å². The first kappa shape index (κ1) is 20.1. The van der Waals surface area contributed by atoms with Gasteiger partial charge in [-0.05, 0) is 33.6 Å². The van der Waals surface area contributed by atoms with E-state index in [0.29, 0.717) is 18.8 Å². The van der Waals surface area contributed by atoms with Gasteiger partial charge in [-0.15, -0.1) is 0 Å². The summed E-state index contributed by atoms with van der Waals surface area (Å²) in [6.45, 7) is 14.5. The van der Waals surface area contributed by atoms with Crippen molar-refractivity contribution in [3.8, 4) is 11.8 Å². The zero-order chi connectivity index (χ0) is 19.1. The average molecular weight is 372 g/mol. The van der Waals surface area contributed by atoms with Gasteiger partial charge in [0.15, 0.2) is 0 Å². The summed E-state index contributed by atoms with van der Waals surface area (Å²) in [5, 5.41) is 0. The molecule has 148 valence electrons. The van der Waals surface area contributed by atoms with E-state index in [9.17, 15) is 0 Å². The lowest BCUT2D eigenvalue weighted by atomic mass is 10.1. The Morgan fingerprint density at radius 3 is 2.48 bits per heavy atom. The first-order chi connectivity index (χ1) is 13.1. The summed E-state index contributed by atoms with van der Waals surface area (Å²) in [4.78, 5) is 15.8. The number of nitrogens with zero attached hydrogens (tertiary/aromatic N) is 5. The Labute approximate surface area is 163 Å². The van der Waals surface area contributed by atoms with Crippen molar-refractivity contribution in [1.82, 2.24) is 19.8 Å². The number of piperazine rings is 1. The van der Waals surface area contributed by atoms with Gasteiger partial charge in [-0.3, -0.25) is 9.80 Å². The zero-order valence-electron chi connectivity index (χ0n) is 17.0. The number of rotatable bonds is 5. The number of hydrogen-bond donors (Lipinski definition) is 0. The maximum Gasteiger partial charge on any atom is 0.132 e. The van der Waals surface area contributed by atoms with Crippen molar-refractivity contribution in [2.24, 2.45) is 0 Å². The second kappa shape index (κ2) is 10.0. The third-order valence-electron chi connectivity index (χ3n) is 5.51. The second-order valence-electron chi connectivity index (χ2n) is 7.77. The van der Waals surface area contributed by atoms with Gasteiger partial charge in [0.1, 0.15) is 18.8 Å². The van der Waals surface area contributed by atoms with Gasteiger partial charge in [-0.25, -0.2) is 9.97 Å². The van der Waals surface area contributed by atoms with Crippen molar-refractivity contribution < 1.29 is 4.74 Å². The van der Waals surface area contributed by atoms with Crippen molar-refractivity contribution in [2.75, 3.05) is 57.3 Å². The molecule has 27 heavy (non-hydrogen) atoms. The SMILES string of the molecule is Cc1cc(N2CCC(OCC#CCN3CCN(C(C)C)CC3)CC2)ncn1. The van der Waals surface area contributed by atoms with Crippen LogP contribution in [0.3, 0.4) is 0 Å². The van der Waals surface area contributed by atoms with Crippen LogP contribution in [0.2, 0.25) is 0 Å². The molecule has 2 fully saturated rings. The first-order valence-corrected chi connectivity index (χ1v) is 10.2. The minimum Gasteiger partial charge on any atom is -0.365 e. The van der Waals surface area contributed by atoms with Crippen LogP contribution in [-0.4, -0.2) is 84.3 Å². The highest BCUT2D eigenvalue weighted by atomic mass is 16.5. The summed E-state index contributed by atoms with van der Waals surface area (Å²) in [5.74, 6) is 7.51. The minimum atomic E-state index is 0.313. The molecule has 3 rings (SSSR count). The molecule has 0 amide bonds. The summed E-state index contributed by atoms with van der Waals surface area (Å²) in [6.07, 6.45) is 4.02. The van der Waals surface area contributed by atoms with Crippen molar-refractivity contribution in [2.45, 2.75) is 45.8 Å². The Morgan fingerprint density at radius 2 is 1.81 bits per heavy atom. The quantitative estimate of drug-likeness (QED) is 0.736. The molecule has 6 nitrogen and oxygen atoms in total. The lowest BCUT2D eigenvalue weighted by Gasteiger charge is -2.36. The normalized spacial score (nSPS) is 19.9. The summed E-state index contributed by atoms with van der Waals surface area (Å²) >= 11 is 0. The van der Waals surface area contributed by atoms with Gasteiger partial charge in [0.05, 0.1) is 12.6 Å². The Kier molecular flexibility index (Phi) is 7.45. The Morgan fingerprint density at radius 1 is 1.07 bits per heavy atom. The monoisotopic (exact) mass is 371 g/mol. The third kappa shape index (κ3) is 6.17. The smallest absolute Gasteiger partial charge is 0.132 e. The minimum absolute atomic E-state index is 0.313. The number of aryl methyl sites for hydroxylation is 1. The maximum absolute atomic E-state index is 5.97. The van der Waals surface area contributed by atoms with E-state index < -0.39 is 0 Å². The highest BCUT2D eigenvalue weighted by molar-refractivity contribution is 5.39. The molecule has 0 aromatic carbocycles. The molecular weight excluding hydrogens is 338 g/mol. The van der Waals surface area contributed by atoms with Crippen molar-refractivity contribution in [1.29, 1.82) is 0 Å². The third-order valence-corrected chi connectivity index (χ3v) is 5.51. The van der Waals surface area contributed by atoms with Crippen LogP contribution in [0.25, 0.3) is 0 Å². The average Bonchev–Trinajstić information content (AvgIpc) is 2.68. The molecule has 2 saturated heterocycles.